The normalized spacial score (nSPS) is 25.5. The summed E-state index contributed by atoms with van der Waals surface area (Å²) in [5.74, 6) is 1.60. The van der Waals surface area contributed by atoms with Crippen LogP contribution in [0.1, 0.15) is 44.0 Å². The van der Waals surface area contributed by atoms with E-state index in [2.05, 4.69) is 22.0 Å². The van der Waals surface area contributed by atoms with Crippen molar-refractivity contribution in [3.05, 3.63) is 29.7 Å². The third-order valence-corrected chi connectivity index (χ3v) is 4.15. The zero-order valence-corrected chi connectivity index (χ0v) is 11.9. The van der Waals surface area contributed by atoms with Gasteiger partial charge in [-0.1, -0.05) is 12.1 Å². The molecule has 1 fully saturated rings. The third kappa shape index (κ3) is 2.65. The molecule has 6 heteroatoms. The number of pyridine rings is 1. The number of hydrogen-bond donors (Lipinski definition) is 1. The van der Waals surface area contributed by atoms with Gasteiger partial charge in [-0.25, -0.2) is 4.98 Å². The summed E-state index contributed by atoms with van der Waals surface area (Å²) >= 11 is 0. The monoisotopic (exact) mass is 283 g/mol. The Morgan fingerprint density at radius 2 is 2.14 bits per heavy atom. The Hall–Kier alpha value is -2.26. The molecule has 1 aliphatic rings. The number of aromatic nitrogens is 3. The first-order valence-electron chi connectivity index (χ1n) is 7.10. The Balaban J connectivity index is 1.84. The van der Waals surface area contributed by atoms with E-state index in [9.17, 15) is 0 Å². The van der Waals surface area contributed by atoms with Gasteiger partial charge in [0.25, 0.3) is 5.89 Å². The van der Waals surface area contributed by atoms with Crippen LogP contribution >= 0.6 is 0 Å². The highest BCUT2D eigenvalue weighted by Gasteiger charge is 2.36. The highest BCUT2D eigenvalue weighted by Crippen LogP contribution is 2.36. The number of nitrogens with two attached hydrogens (primary N) is 1. The van der Waals surface area contributed by atoms with E-state index >= 15 is 0 Å². The average Bonchev–Trinajstić information content (AvgIpc) is 3.01. The average molecular weight is 283 g/mol. The summed E-state index contributed by atoms with van der Waals surface area (Å²) in [4.78, 5) is 8.56. The molecule has 0 saturated heterocycles. The van der Waals surface area contributed by atoms with E-state index in [0.29, 0.717) is 28.9 Å². The largest absolute Gasteiger partial charge is 0.332 e. The molecule has 0 spiro atoms. The number of hydrogen-bond acceptors (Lipinski definition) is 6. The van der Waals surface area contributed by atoms with Gasteiger partial charge in [-0.3, -0.25) is 0 Å². The molecule has 21 heavy (non-hydrogen) atoms. The van der Waals surface area contributed by atoms with E-state index in [4.69, 9.17) is 15.5 Å². The third-order valence-electron chi connectivity index (χ3n) is 4.15. The van der Waals surface area contributed by atoms with Crippen molar-refractivity contribution in [2.45, 2.75) is 38.1 Å². The second kappa shape index (κ2) is 5.26. The summed E-state index contributed by atoms with van der Waals surface area (Å²) in [6, 6.07) is 5.39. The van der Waals surface area contributed by atoms with Crippen LogP contribution in [0.3, 0.4) is 0 Å². The van der Waals surface area contributed by atoms with Gasteiger partial charge in [0.2, 0.25) is 0 Å². The smallest absolute Gasteiger partial charge is 0.276 e. The molecule has 0 radical (unpaired) electrons. The Bertz CT molecular complexity index is 662. The van der Waals surface area contributed by atoms with Crippen molar-refractivity contribution < 1.29 is 4.52 Å². The van der Waals surface area contributed by atoms with Crippen molar-refractivity contribution in [3.8, 4) is 17.7 Å². The molecule has 6 nitrogen and oxygen atoms in total. The van der Waals surface area contributed by atoms with Gasteiger partial charge in [0.1, 0.15) is 11.8 Å². The fraction of sp³-hybridized carbons (Fsp3) is 0.467. The number of rotatable bonds is 2. The van der Waals surface area contributed by atoms with Crippen molar-refractivity contribution in [2.24, 2.45) is 11.7 Å². The lowest BCUT2D eigenvalue weighted by Crippen LogP contribution is -2.41. The predicted octanol–water partition coefficient (Wildman–Crippen LogP) is 2.37. The highest BCUT2D eigenvalue weighted by molar-refractivity contribution is 5.48. The summed E-state index contributed by atoms with van der Waals surface area (Å²) in [5.41, 5.74) is 6.98. The van der Waals surface area contributed by atoms with E-state index < -0.39 is 5.54 Å². The molecule has 2 heterocycles. The lowest BCUT2D eigenvalue weighted by atomic mass is 9.77. The van der Waals surface area contributed by atoms with Gasteiger partial charge in [-0.15, -0.1) is 0 Å². The van der Waals surface area contributed by atoms with Gasteiger partial charge >= 0.3 is 0 Å². The molecule has 2 N–H and O–H groups in total. The Labute approximate surface area is 123 Å². The van der Waals surface area contributed by atoms with E-state index in [1.54, 1.807) is 12.1 Å². The second-order valence-electron chi connectivity index (χ2n) is 5.81. The SMILES string of the molecule is CC1CCC(N)(c2noc(-c3ccc(C#N)cn3)n2)CC1. The molecule has 1 saturated carbocycles. The predicted molar refractivity (Wildman–Crippen MR) is 75.7 cm³/mol. The summed E-state index contributed by atoms with van der Waals surface area (Å²) in [5, 5.41) is 12.8. The molecule has 1 aliphatic carbocycles. The van der Waals surface area contributed by atoms with Gasteiger partial charge in [-0.2, -0.15) is 10.2 Å². The zero-order chi connectivity index (χ0) is 14.9. The van der Waals surface area contributed by atoms with Gasteiger partial charge in [0, 0.05) is 6.20 Å². The zero-order valence-electron chi connectivity index (χ0n) is 11.9. The maximum Gasteiger partial charge on any atom is 0.276 e. The summed E-state index contributed by atoms with van der Waals surface area (Å²) in [6.07, 6.45) is 5.38. The first kappa shape index (κ1) is 13.7. The molecule has 108 valence electrons. The first-order valence-corrected chi connectivity index (χ1v) is 7.10. The Morgan fingerprint density at radius 3 is 2.76 bits per heavy atom. The molecular formula is C15H17N5O. The van der Waals surface area contributed by atoms with E-state index in [1.807, 2.05) is 6.07 Å². The standard InChI is InChI=1S/C15H17N5O/c1-10-4-6-15(17,7-5-10)14-19-13(21-20-14)12-3-2-11(8-16)9-18-12/h2-3,9-10H,4-7,17H2,1H3. The Morgan fingerprint density at radius 1 is 1.38 bits per heavy atom. The van der Waals surface area contributed by atoms with Gasteiger partial charge < -0.3 is 10.3 Å². The molecule has 0 aromatic carbocycles. The van der Waals surface area contributed by atoms with E-state index in [0.717, 1.165) is 25.7 Å². The van der Waals surface area contributed by atoms with Crippen LogP contribution in [0.25, 0.3) is 11.6 Å². The minimum Gasteiger partial charge on any atom is -0.332 e. The maximum absolute atomic E-state index is 8.77. The van der Waals surface area contributed by atoms with Crippen LogP contribution in [-0.2, 0) is 5.54 Å². The van der Waals surface area contributed by atoms with Gasteiger partial charge in [0.05, 0.1) is 11.1 Å². The fourth-order valence-electron chi connectivity index (χ4n) is 2.62. The molecule has 0 amide bonds. The van der Waals surface area contributed by atoms with Crippen molar-refractivity contribution in [3.63, 3.8) is 0 Å². The first-order chi connectivity index (χ1) is 10.1. The molecule has 2 aromatic heterocycles. The van der Waals surface area contributed by atoms with Crippen LogP contribution in [-0.4, -0.2) is 15.1 Å². The Kier molecular flexibility index (Phi) is 3.43. The summed E-state index contributed by atoms with van der Waals surface area (Å²) in [7, 11) is 0. The van der Waals surface area contributed by atoms with E-state index in [1.165, 1.54) is 6.20 Å². The lowest BCUT2D eigenvalue weighted by molar-refractivity contribution is 0.230. The lowest BCUT2D eigenvalue weighted by Gasteiger charge is -2.33. The molecule has 0 bridgehead atoms. The fourth-order valence-corrected chi connectivity index (χ4v) is 2.62. The highest BCUT2D eigenvalue weighted by atomic mass is 16.5. The molecule has 2 aromatic rings. The van der Waals surface area contributed by atoms with Crippen molar-refractivity contribution in [1.29, 1.82) is 5.26 Å². The minimum absolute atomic E-state index is 0.345. The quantitative estimate of drug-likeness (QED) is 0.907. The number of nitrogens with zero attached hydrogens (tertiary/aromatic N) is 4. The van der Waals surface area contributed by atoms with Crippen LogP contribution in [0.2, 0.25) is 0 Å². The molecule has 0 atom stereocenters. The summed E-state index contributed by atoms with van der Waals surface area (Å²) < 4.78 is 5.28. The minimum atomic E-state index is -0.499. The maximum atomic E-state index is 8.77. The van der Waals surface area contributed by atoms with Crippen LogP contribution in [0.15, 0.2) is 22.9 Å². The van der Waals surface area contributed by atoms with Gasteiger partial charge in [0.15, 0.2) is 5.82 Å². The molecule has 0 unspecified atom stereocenters. The van der Waals surface area contributed by atoms with Crippen molar-refractivity contribution >= 4 is 0 Å². The second-order valence-corrected chi connectivity index (χ2v) is 5.81. The van der Waals surface area contributed by atoms with Crippen LogP contribution in [0.4, 0.5) is 0 Å². The van der Waals surface area contributed by atoms with Gasteiger partial charge in [-0.05, 0) is 43.7 Å². The van der Waals surface area contributed by atoms with Crippen molar-refractivity contribution in [1.82, 2.24) is 15.1 Å². The summed E-state index contributed by atoms with van der Waals surface area (Å²) in [6.45, 7) is 2.24. The number of nitriles is 1. The van der Waals surface area contributed by atoms with E-state index in [-0.39, 0.29) is 0 Å². The molecule has 0 aliphatic heterocycles. The molecule has 3 rings (SSSR count). The molecular weight excluding hydrogens is 266 g/mol. The van der Waals surface area contributed by atoms with Crippen LogP contribution in [0, 0.1) is 17.2 Å². The van der Waals surface area contributed by atoms with Crippen LogP contribution in [0.5, 0.6) is 0 Å². The van der Waals surface area contributed by atoms with Crippen LogP contribution < -0.4 is 5.73 Å². The van der Waals surface area contributed by atoms with Crippen molar-refractivity contribution in [2.75, 3.05) is 0 Å². The topological polar surface area (TPSA) is 102 Å².